The quantitative estimate of drug-likeness (QED) is 0.834. The lowest BCUT2D eigenvalue weighted by molar-refractivity contribution is -0.140. The highest BCUT2D eigenvalue weighted by atomic mass is 35.5. The van der Waals surface area contributed by atoms with Gasteiger partial charge >= 0.3 is 0 Å². The maximum atomic E-state index is 13.0. The van der Waals surface area contributed by atoms with Crippen molar-refractivity contribution in [2.24, 2.45) is 23.5 Å². The minimum atomic E-state index is 0. The van der Waals surface area contributed by atoms with Gasteiger partial charge in [-0.3, -0.25) is 9.59 Å². The van der Waals surface area contributed by atoms with Crippen LogP contribution < -0.4 is 5.73 Å². The Bertz CT molecular complexity index is 617. The smallest absolute Gasteiger partial charge is 0.264 e. The van der Waals surface area contributed by atoms with Crippen molar-refractivity contribution < 1.29 is 9.59 Å². The number of rotatable bonds is 2. The summed E-state index contributed by atoms with van der Waals surface area (Å²) < 4.78 is 0. The van der Waals surface area contributed by atoms with Crippen LogP contribution in [0, 0.1) is 17.8 Å². The zero-order valence-electron chi connectivity index (χ0n) is 15.0. The van der Waals surface area contributed by atoms with Gasteiger partial charge in [0.15, 0.2) is 0 Å². The summed E-state index contributed by atoms with van der Waals surface area (Å²) in [6.45, 7) is 2.60. The summed E-state index contributed by atoms with van der Waals surface area (Å²) in [6.07, 6.45) is 5.57. The number of nitrogens with zero attached hydrogens (tertiary/aromatic N) is 2. The number of thiophene rings is 1. The maximum Gasteiger partial charge on any atom is 0.264 e. The molecule has 3 fully saturated rings. The van der Waals surface area contributed by atoms with E-state index in [1.165, 1.54) is 30.6 Å². The third-order valence-electron chi connectivity index (χ3n) is 6.37. The molecular weight excluding hydrogens is 370 g/mol. The normalized spacial score (nSPS) is 31.3. The molecule has 2 unspecified atom stereocenters. The number of fused-ring (bicyclic) bond motifs is 2. The topological polar surface area (TPSA) is 66.6 Å². The fourth-order valence-corrected chi connectivity index (χ4v) is 5.63. The average molecular weight is 398 g/mol. The van der Waals surface area contributed by atoms with E-state index in [9.17, 15) is 9.59 Å². The third-order valence-corrected chi connectivity index (χ3v) is 7.23. The van der Waals surface area contributed by atoms with Crippen LogP contribution in [0.25, 0.3) is 0 Å². The zero-order chi connectivity index (χ0) is 17.4. The fraction of sp³-hybridized carbons (Fsp3) is 0.684. The summed E-state index contributed by atoms with van der Waals surface area (Å²) in [7, 11) is 0. The number of hydrogen-bond acceptors (Lipinski definition) is 4. The molecule has 2 saturated carbocycles. The van der Waals surface area contributed by atoms with Crippen molar-refractivity contribution in [1.82, 2.24) is 9.80 Å². The Hall–Kier alpha value is -1.11. The highest BCUT2D eigenvalue weighted by Crippen LogP contribution is 2.42. The number of halogens is 1. The van der Waals surface area contributed by atoms with Crippen LogP contribution in [0.5, 0.6) is 0 Å². The Morgan fingerprint density at radius 3 is 2.23 bits per heavy atom. The van der Waals surface area contributed by atoms with Crippen LogP contribution in [-0.4, -0.2) is 53.8 Å². The third kappa shape index (κ3) is 3.78. The highest BCUT2D eigenvalue weighted by Gasteiger charge is 2.42. The molecule has 7 heteroatoms. The van der Waals surface area contributed by atoms with E-state index in [1.54, 1.807) is 0 Å². The molecule has 0 spiro atoms. The van der Waals surface area contributed by atoms with Gasteiger partial charge in [-0.1, -0.05) is 12.5 Å². The average Bonchev–Trinajstić information content (AvgIpc) is 3.15. The van der Waals surface area contributed by atoms with Crippen molar-refractivity contribution in [3.05, 3.63) is 22.4 Å². The van der Waals surface area contributed by atoms with Crippen molar-refractivity contribution in [2.75, 3.05) is 26.2 Å². The molecule has 2 aliphatic carbocycles. The number of carbonyl (C=O) groups excluding carboxylic acids is 2. The van der Waals surface area contributed by atoms with Crippen molar-refractivity contribution >= 4 is 35.6 Å². The van der Waals surface area contributed by atoms with E-state index >= 15 is 0 Å². The predicted octanol–water partition coefficient (Wildman–Crippen LogP) is 2.61. The second-order valence-electron chi connectivity index (χ2n) is 7.79. The molecule has 144 valence electrons. The van der Waals surface area contributed by atoms with Crippen molar-refractivity contribution in [3.63, 3.8) is 0 Å². The number of amides is 2. The Balaban J connectivity index is 0.00000196. The number of piperazine rings is 1. The summed E-state index contributed by atoms with van der Waals surface area (Å²) in [6, 6.07) is 4.08. The molecule has 3 aliphatic rings. The van der Waals surface area contributed by atoms with Crippen LogP contribution in [0.2, 0.25) is 0 Å². The maximum absolute atomic E-state index is 13.0. The largest absolute Gasteiger partial charge is 0.339 e. The minimum Gasteiger partial charge on any atom is -0.339 e. The van der Waals surface area contributed by atoms with E-state index in [1.807, 2.05) is 27.3 Å². The molecule has 2 heterocycles. The van der Waals surface area contributed by atoms with Gasteiger partial charge in [0.2, 0.25) is 5.91 Å². The molecule has 0 radical (unpaired) electrons. The molecular formula is C19H28ClN3O2S. The van der Waals surface area contributed by atoms with E-state index in [4.69, 9.17) is 5.73 Å². The van der Waals surface area contributed by atoms with E-state index < -0.39 is 0 Å². The summed E-state index contributed by atoms with van der Waals surface area (Å²) in [5, 5.41) is 1.93. The van der Waals surface area contributed by atoms with Crippen LogP contribution in [0.15, 0.2) is 17.5 Å². The standard InChI is InChI=1S/C19H27N3O2S.ClH/c20-17-13-3-1-4-14(17)12-15(11-13)18(23)21-6-8-22(9-7-21)19(24)16-5-2-10-25-16;/h2,5,10,13-15,17H,1,3-4,6-9,11-12,20H2;1H. The minimum absolute atomic E-state index is 0. The van der Waals surface area contributed by atoms with Gasteiger partial charge in [-0.2, -0.15) is 0 Å². The Labute approximate surface area is 165 Å². The first-order valence-corrected chi connectivity index (χ1v) is 10.4. The van der Waals surface area contributed by atoms with Gasteiger partial charge in [-0.25, -0.2) is 0 Å². The van der Waals surface area contributed by atoms with Crippen molar-refractivity contribution in [1.29, 1.82) is 0 Å². The summed E-state index contributed by atoms with van der Waals surface area (Å²) in [5.74, 6) is 1.60. The van der Waals surface area contributed by atoms with Crippen molar-refractivity contribution in [2.45, 2.75) is 38.1 Å². The van der Waals surface area contributed by atoms with E-state index in [0.29, 0.717) is 50.0 Å². The molecule has 2 bridgehead atoms. The molecule has 1 aliphatic heterocycles. The first kappa shape index (κ1) is 19.6. The monoisotopic (exact) mass is 397 g/mol. The lowest BCUT2D eigenvalue weighted by Crippen LogP contribution is -2.54. The molecule has 2 N–H and O–H groups in total. The summed E-state index contributed by atoms with van der Waals surface area (Å²) in [4.78, 5) is 30.1. The molecule has 0 aromatic carbocycles. The van der Waals surface area contributed by atoms with E-state index in [2.05, 4.69) is 0 Å². The van der Waals surface area contributed by atoms with Gasteiger partial charge in [0.05, 0.1) is 4.88 Å². The molecule has 4 rings (SSSR count). The molecule has 2 amide bonds. The predicted molar refractivity (Wildman–Crippen MR) is 106 cm³/mol. The number of hydrogen-bond donors (Lipinski definition) is 1. The second kappa shape index (κ2) is 8.28. The summed E-state index contributed by atoms with van der Waals surface area (Å²) >= 11 is 1.48. The van der Waals surface area contributed by atoms with E-state index in [-0.39, 0.29) is 24.2 Å². The van der Waals surface area contributed by atoms with E-state index in [0.717, 1.165) is 17.7 Å². The van der Waals surface area contributed by atoms with Crippen molar-refractivity contribution in [3.8, 4) is 0 Å². The SMILES string of the molecule is Cl.NC1C2CCCC1CC(C(=O)N1CCN(C(=O)c3cccs3)CC1)C2. The van der Waals surface area contributed by atoms with Gasteiger partial charge in [0, 0.05) is 38.1 Å². The Kier molecular flexibility index (Phi) is 6.25. The van der Waals surface area contributed by atoms with Gasteiger partial charge in [0.25, 0.3) is 5.91 Å². The lowest BCUT2D eigenvalue weighted by Gasteiger charge is -2.45. The Morgan fingerprint density at radius 2 is 1.65 bits per heavy atom. The first-order valence-electron chi connectivity index (χ1n) is 9.50. The van der Waals surface area contributed by atoms with Crippen LogP contribution in [-0.2, 0) is 4.79 Å². The molecule has 1 aromatic rings. The van der Waals surface area contributed by atoms with Gasteiger partial charge in [-0.05, 0) is 49.0 Å². The number of nitrogens with two attached hydrogens (primary N) is 1. The second-order valence-corrected chi connectivity index (χ2v) is 8.74. The zero-order valence-corrected chi connectivity index (χ0v) is 16.6. The van der Waals surface area contributed by atoms with Gasteiger partial charge < -0.3 is 15.5 Å². The lowest BCUT2D eigenvalue weighted by atomic mass is 9.65. The molecule has 2 atom stereocenters. The highest BCUT2D eigenvalue weighted by molar-refractivity contribution is 7.12. The van der Waals surface area contributed by atoms with Crippen LogP contribution in [0.4, 0.5) is 0 Å². The fourth-order valence-electron chi connectivity index (χ4n) is 4.93. The Morgan fingerprint density at radius 1 is 1.04 bits per heavy atom. The van der Waals surface area contributed by atoms with Crippen LogP contribution in [0.3, 0.4) is 0 Å². The van der Waals surface area contributed by atoms with Gasteiger partial charge in [0.1, 0.15) is 0 Å². The number of carbonyl (C=O) groups is 2. The first-order chi connectivity index (χ1) is 12.1. The van der Waals surface area contributed by atoms with Crippen LogP contribution >= 0.6 is 23.7 Å². The van der Waals surface area contributed by atoms with Gasteiger partial charge in [-0.15, -0.1) is 23.7 Å². The van der Waals surface area contributed by atoms with Crippen LogP contribution in [0.1, 0.15) is 41.8 Å². The summed E-state index contributed by atoms with van der Waals surface area (Å²) in [5.41, 5.74) is 6.35. The molecule has 5 nitrogen and oxygen atoms in total. The molecule has 26 heavy (non-hydrogen) atoms. The molecule has 1 aromatic heterocycles. The molecule has 1 saturated heterocycles.